The van der Waals surface area contributed by atoms with E-state index in [-0.39, 0.29) is 24.0 Å². The summed E-state index contributed by atoms with van der Waals surface area (Å²) in [5, 5.41) is 15.1. The summed E-state index contributed by atoms with van der Waals surface area (Å²) in [7, 11) is 0. The minimum atomic E-state index is -1.00. The number of carboxylic acid groups (broad SMARTS) is 1. The molecule has 1 atom stereocenters. The maximum Gasteiger partial charge on any atom is 0.407 e. The molecule has 2 bridgehead atoms. The molecule has 2 amide bonds. The van der Waals surface area contributed by atoms with E-state index in [0.29, 0.717) is 44.9 Å². The Morgan fingerprint density at radius 3 is 2.00 bits per heavy atom. The Hall–Kier alpha value is -3.35. The number of carboxylic acids is 1. The number of rotatable bonds is 7. The van der Waals surface area contributed by atoms with Gasteiger partial charge in [-0.2, -0.15) is 0 Å². The van der Waals surface area contributed by atoms with Crippen LogP contribution in [0.25, 0.3) is 11.1 Å². The maximum atomic E-state index is 12.9. The van der Waals surface area contributed by atoms with Gasteiger partial charge in [0.25, 0.3) is 0 Å². The van der Waals surface area contributed by atoms with Crippen LogP contribution in [-0.4, -0.2) is 41.3 Å². The number of carbonyl (C=O) groups is 3. The van der Waals surface area contributed by atoms with Crippen LogP contribution < -0.4 is 10.6 Å². The van der Waals surface area contributed by atoms with E-state index >= 15 is 0 Å². The van der Waals surface area contributed by atoms with Crippen molar-refractivity contribution in [1.29, 1.82) is 0 Å². The van der Waals surface area contributed by atoms with Gasteiger partial charge >= 0.3 is 12.1 Å². The third-order valence-electron chi connectivity index (χ3n) is 8.45. The first kappa shape index (κ1) is 23.4. The molecule has 0 spiro atoms. The molecule has 3 saturated carbocycles. The van der Waals surface area contributed by atoms with E-state index in [4.69, 9.17) is 4.74 Å². The zero-order chi connectivity index (χ0) is 24.6. The van der Waals surface area contributed by atoms with Crippen LogP contribution >= 0.6 is 0 Å². The van der Waals surface area contributed by atoms with Crippen LogP contribution in [0.5, 0.6) is 0 Å². The Balaban J connectivity index is 1.19. The molecule has 4 aliphatic rings. The summed E-state index contributed by atoms with van der Waals surface area (Å²) < 4.78 is 5.76. The number of alkyl carbamates (subject to hydrolysis) is 1. The number of carbonyl (C=O) groups excluding carboxylic acids is 2. The Bertz CT molecular complexity index is 1090. The second-order valence-corrected chi connectivity index (χ2v) is 10.3. The molecule has 4 aliphatic carbocycles. The van der Waals surface area contributed by atoms with Crippen molar-refractivity contribution in [3.63, 3.8) is 0 Å². The van der Waals surface area contributed by atoms with Crippen LogP contribution in [0.15, 0.2) is 48.5 Å². The van der Waals surface area contributed by atoms with Crippen LogP contribution in [0.2, 0.25) is 0 Å². The smallest absolute Gasteiger partial charge is 0.407 e. The normalized spacial score (nSPS) is 25.3. The van der Waals surface area contributed by atoms with Crippen molar-refractivity contribution in [2.45, 2.75) is 69.4 Å². The fourth-order valence-electron chi connectivity index (χ4n) is 6.21. The third kappa shape index (κ3) is 4.17. The van der Waals surface area contributed by atoms with Gasteiger partial charge in [-0.15, -0.1) is 0 Å². The average molecular weight is 477 g/mol. The molecule has 3 fully saturated rings. The van der Waals surface area contributed by atoms with Crippen LogP contribution in [0.3, 0.4) is 0 Å². The van der Waals surface area contributed by atoms with E-state index in [1.165, 1.54) is 22.3 Å². The van der Waals surface area contributed by atoms with Gasteiger partial charge in [0, 0.05) is 16.9 Å². The van der Waals surface area contributed by atoms with Crippen LogP contribution in [0, 0.1) is 5.41 Å². The SMILES string of the molecule is CC[C@H](NC(=O)C12CCC(NC(=O)OCC3c4ccccc4-c4ccccc43)(CC1)CC2)C(=O)O. The Kier molecular flexibility index (Phi) is 6.03. The van der Waals surface area contributed by atoms with Crippen LogP contribution in [-0.2, 0) is 14.3 Å². The minimum absolute atomic E-state index is 0.0143. The van der Waals surface area contributed by atoms with Gasteiger partial charge in [0.05, 0.1) is 0 Å². The number of ether oxygens (including phenoxy) is 1. The molecule has 3 N–H and O–H groups in total. The molecular weight excluding hydrogens is 444 g/mol. The van der Waals surface area contributed by atoms with Gasteiger partial charge in [-0.3, -0.25) is 4.79 Å². The van der Waals surface area contributed by atoms with Crippen molar-refractivity contribution in [1.82, 2.24) is 10.6 Å². The van der Waals surface area contributed by atoms with Crippen LogP contribution in [0.1, 0.15) is 68.9 Å². The number of amides is 2. The van der Waals surface area contributed by atoms with Gasteiger partial charge in [0.1, 0.15) is 12.6 Å². The molecule has 184 valence electrons. The van der Waals surface area contributed by atoms with Gasteiger partial charge < -0.3 is 20.5 Å². The Morgan fingerprint density at radius 2 is 1.49 bits per heavy atom. The maximum absolute atomic E-state index is 12.9. The van der Waals surface area contributed by atoms with Crippen molar-refractivity contribution in [2.75, 3.05) is 6.61 Å². The predicted molar refractivity (Wildman–Crippen MR) is 131 cm³/mol. The van der Waals surface area contributed by atoms with Crippen molar-refractivity contribution in [3.05, 3.63) is 59.7 Å². The molecule has 0 saturated heterocycles. The van der Waals surface area contributed by atoms with E-state index in [0.717, 1.165) is 0 Å². The van der Waals surface area contributed by atoms with Gasteiger partial charge in [-0.1, -0.05) is 55.5 Å². The number of benzene rings is 2. The quantitative estimate of drug-likeness (QED) is 0.542. The number of hydrogen-bond donors (Lipinski definition) is 3. The standard InChI is InChI=1S/C28H32N2O5/c1-2-23(24(31)32)29-25(33)27-11-14-28(15-12-27,16-13-27)30-26(34)35-17-22-20-9-5-3-7-18(20)19-8-4-6-10-21(19)22/h3-10,22-23H,2,11-17H2,1H3,(H,29,33)(H,30,34)(H,31,32)/t23-,27?,28?/m0/s1. The van der Waals surface area contributed by atoms with Gasteiger partial charge in [0.2, 0.25) is 5.91 Å². The molecule has 0 aromatic heterocycles. The summed E-state index contributed by atoms with van der Waals surface area (Å²) in [4.78, 5) is 37.1. The highest BCUT2D eigenvalue weighted by Gasteiger charge is 2.53. The zero-order valence-electron chi connectivity index (χ0n) is 20.0. The second kappa shape index (κ2) is 9.02. The lowest BCUT2D eigenvalue weighted by Crippen LogP contribution is -2.60. The lowest BCUT2D eigenvalue weighted by atomic mass is 9.57. The highest BCUT2D eigenvalue weighted by Crippen LogP contribution is 2.52. The zero-order valence-corrected chi connectivity index (χ0v) is 20.0. The molecular formula is C28H32N2O5. The molecule has 7 nitrogen and oxygen atoms in total. The average Bonchev–Trinajstić information content (AvgIpc) is 3.20. The fraction of sp³-hybridized carbons (Fsp3) is 0.464. The largest absolute Gasteiger partial charge is 0.480 e. The molecule has 0 heterocycles. The number of aliphatic carboxylic acids is 1. The number of fused-ring (bicyclic) bond motifs is 6. The van der Waals surface area contributed by atoms with E-state index < -0.39 is 23.5 Å². The lowest BCUT2D eigenvalue weighted by molar-refractivity contribution is -0.146. The first-order valence-corrected chi connectivity index (χ1v) is 12.5. The van der Waals surface area contributed by atoms with Crippen molar-refractivity contribution in [2.24, 2.45) is 5.41 Å². The van der Waals surface area contributed by atoms with Crippen LogP contribution in [0.4, 0.5) is 4.79 Å². The molecule has 0 radical (unpaired) electrons. The van der Waals surface area contributed by atoms with Gasteiger partial charge in [-0.05, 0) is 67.2 Å². The number of hydrogen-bond acceptors (Lipinski definition) is 4. The summed E-state index contributed by atoms with van der Waals surface area (Å²) in [6.07, 6.45) is 3.92. The minimum Gasteiger partial charge on any atom is -0.480 e. The highest BCUT2D eigenvalue weighted by molar-refractivity contribution is 5.88. The van der Waals surface area contributed by atoms with E-state index in [2.05, 4.69) is 34.9 Å². The molecule has 2 aromatic carbocycles. The van der Waals surface area contributed by atoms with Crippen molar-refractivity contribution < 1.29 is 24.2 Å². The summed E-state index contributed by atoms with van der Waals surface area (Å²) in [6.45, 7) is 2.03. The number of nitrogens with one attached hydrogen (secondary N) is 2. The summed E-state index contributed by atoms with van der Waals surface area (Å²) in [6, 6.07) is 15.6. The highest BCUT2D eigenvalue weighted by atomic mass is 16.5. The van der Waals surface area contributed by atoms with E-state index in [9.17, 15) is 19.5 Å². The molecule has 0 unspecified atom stereocenters. The topological polar surface area (TPSA) is 105 Å². The molecule has 2 aromatic rings. The van der Waals surface area contributed by atoms with Gasteiger partial charge in [-0.25, -0.2) is 9.59 Å². The predicted octanol–water partition coefficient (Wildman–Crippen LogP) is 4.60. The Morgan fingerprint density at radius 1 is 0.943 bits per heavy atom. The lowest BCUT2D eigenvalue weighted by Gasteiger charge is -2.52. The molecule has 6 rings (SSSR count). The first-order chi connectivity index (χ1) is 16.9. The van der Waals surface area contributed by atoms with Crippen molar-refractivity contribution in [3.8, 4) is 11.1 Å². The summed E-state index contributed by atoms with van der Waals surface area (Å²) in [5.74, 6) is -1.16. The molecule has 35 heavy (non-hydrogen) atoms. The van der Waals surface area contributed by atoms with Gasteiger partial charge in [0.15, 0.2) is 0 Å². The van der Waals surface area contributed by atoms with E-state index in [1.807, 2.05) is 24.3 Å². The summed E-state index contributed by atoms with van der Waals surface area (Å²) >= 11 is 0. The van der Waals surface area contributed by atoms with Crippen molar-refractivity contribution >= 4 is 18.0 Å². The molecule has 0 aliphatic heterocycles. The van der Waals surface area contributed by atoms with E-state index in [1.54, 1.807) is 6.92 Å². The second-order valence-electron chi connectivity index (χ2n) is 10.3. The third-order valence-corrected chi connectivity index (χ3v) is 8.45. The first-order valence-electron chi connectivity index (χ1n) is 12.5. The monoisotopic (exact) mass is 476 g/mol. The fourth-order valence-corrected chi connectivity index (χ4v) is 6.21. The molecule has 7 heteroatoms. The summed E-state index contributed by atoms with van der Waals surface area (Å²) in [5.41, 5.74) is 3.85. The Labute approximate surface area is 205 Å².